The van der Waals surface area contributed by atoms with Crippen molar-refractivity contribution in [2.24, 2.45) is 0 Å². The van der Waals surface area contributed by atoms with Gasteiger partial charge in [-0.1, -0.05) is 42.5 Å². The van der Waals surface area contributed by atoms with Crippen LogP contribution in [0.15, 0.2) is 72.8 Å². The number of hydrogen-bond acceptors (Lipinski definition) is 4. The van der Waals surface area contributed by atoms with E-state index in [2.05, 4.69) is 20.6 Å². The quantitative estimate of drug-likeness (QED) is 0.658. The monoisotopic (exact) mass is 344 g/mol. The maximum absolute atomic E-state index is 11.7. The molecule has 0 fully saturated rings. The number of aryl methyl sites for hydroxylation is 1. The number of benzene rings is 2. The number of rotatable bonds is 5. The van der Waals surface area contributed by atoms with E-state index in [0.29, 0.717) is 17.3 Å². The van der Waals surface area contributed by atoms with Crippen molar-refractivity contribution in [1.29, 1.82) is 0 Å². The van der Waals surface area contributed by atoms with Crippen LogP contribution in [0.5, 0.6) is 0 Å². The number of carbonyl (C=O) groups is 1. The highest BCUT2D eigenvalue weighted by Gasteiger charge is 2.06. The van der Waals surface area contributed by atoms with Crippen molar-refractivity contribution in [3.05, 3.63) is 78.6 Å². The molecular weight excluding hydrogens is 324 g/mol. The van der Waals surface area contributed by atoms with Gasteiger partial charge in [-0.3, -0.25) is 4.79 Å². The summed E-state index contributed by atoms with van der Waals surface area (Å²) in [5.41, 5.74) is 3.44. The fourth-order valence-corrected chi connectivity index (χ4v) is 2.55. The number of nitrogens with one attached hydrogen (secondary N) is 2. The summed E-state index contributed by atoms with van der Waals surface area (Å²) in [6.07, 6.45) is 3.19. The van der Waals surface area contributed by atoms with Gasteiger partial charge in [-0.15, -0.1) is 0 Å². The summed E-state index contributed by atoms with van der Waals surface area (Å²) in [5, 5.41) is 6.10. The van der Waals surface area contributed by atoms with Crippen LogP contribution in [-0.4, -0.2) is 15.9 Å². The van der Waals surface area contributed by atoms with Crippen LogP contribution in [0.4, 0.5) is 17.2 Å². The van der Waals surface area contributed by atoms with Crippen LogP contribution in [0.2, 0.25) is 0 Å². The highest BCUT2D eigenvalue weighted by molar-refractivity contribution is 5.99. The SMILES string of the molecule is C/C=C/C(=O)Nc1cccc(Nc2cc(-c3ccccc3)nc(C)n2)c1. The van der Waals surface area contributed by atoms with Crippen molar-refractivity contribution >= 4 is 23.1 Å². The van der Waals surface area contributed by atoms with Gasteiger partial charge >= 0.3 is 0 Å². The molecule has 2 N–H and O–H groups in total. The third-order valence-corrected chi connectivity index (χ3v) is 3.63. The minimum Gasteiger partial charge on any atom is -0.340 e. The molecule has 3 aromatic rings. The molecule has 0 saturated carbocycles. The number of aromatic nitrogens is 2. The molecule has 0 spiro atoms. The van der Waals surface area contributed by atoms with E-state index in [-0.39, 0.29) is 5.91 Å². The Bertz CT molecular complexity index is 936. The van der Waals surface area contributed by atoms with Crippen LogP contribution in [0.1, 0.15) is 12.7 Å². The predicted octanol–water partition coefficient (Wildman–Crippen LogP) is 4.71. The van der Waals surface area contributed by atoms with Crippen molar-refractivity contribution in [2.75, 3.05) is 10.6 Å². The molecule has 0 aliphatic carbocycles. The lowest BCUT2D eigenvalue weighted by molar-refractivity contribution is -0.111. The molecule has 1 heterocycles. The van der Waals surface area contributed by atoms with E-state index in [1.807, 2.05) is 67.6 Å². The van der Waals surface area contributed by atoms with Crippen LogP contribution >= 0.6 is 0 Å². The van der Waals surface area contributed by atoms with Crippen LogP contribution < -0.4 is 10.6 Å². The molecular formula is C21H20N4O. The zero-order valence-electron chi connectivity index (χ0n) is 14.7. The van der Waals surface area contributed by atoms with Gasteiger partial charge in [0, 0.05) is 23.0 Å². The highest BCUT2D eigenvalue weighted by Crippen LogP contribution is 2.23. The fourth-order valence-electron chi connectivity index (χ4n) is 2.55. The van der Waals surface area contributed by atoms with E-state index in [0.717, 1.165) is 16.9 Å². The van der Waals surface area contributed by atoms with Crippen molar-refractivity contribution in [1.82, 2.24) is 9.97 Å². The topological polar surface area (TPSA) is 66.9 Å². The van der Waals surface area contributed by atoms with Gasteiger partial charge in [-0.25, -0.2) is 9.97 Å². The van der Waals surface area contributed by atoms with E-state index >= 15 is 0 Å². The van der Waals surface area contributed by atoms with Crippen LogP contribution in [0, 0.1) is 6.92 Å². The molecule has 0 aliphatic heterocycles. The third-order valence-electron chi connectivity index (χ3n) is 3.63. The van der Waals surface area contributed by atoms with Gasteiger partial charge in [0.05, 0.1) is 5.69 Å². The molecule has 1 aromatic heterocycles. The molecule has 5 nitrogen and oxygen atoms in total. The molecule has 1 amide bonds. The molecule has 0 radical (unpaired) electrons. The molecule has 130 valence electrons. The van der Waals surface area contributed by atoms with Gasteiger partial charge in [0.25, 0.3) is 0 Å². The van der Waals surface area contributed by atoms with E-state index in [1.165, 1.54) is 6.08 Å². The second kappa shape index (κ2) is 8.07. The fraction of sp³-hybridized carbons (Fsp3) is 0.0952. The number of anilines is 3. The van der Waals surface area contributed by atoms with E-state index < -0.39 is 0 Å². The van der Waals surface area contributed by atoms with Crippen LogP contribution in [0.25, 0.3) is 11.3 Å². The average molecular weight is 344 g/mol. The molecule has 0 bridgehead atoms. The average Bonchev–Trinajstić information content (AvgIpc) is 2.62. The first kappa shape index (κ1) is 17.4. The second-order valence-electron chi connectivity index (χ2n) is 5.75. The number of carbonyl (C=O) groups excluding carboxylic acids is 1. The van der Waals surface area contributed by atoms with Crippen LogP contribution in [0.3, 0.4) is 0 Å². The molecule has 26 heavy (non-hydrogen) atoms. The first-order valence-electron chi connectivity index (χ1n) is 8.36. The van der Waals surface area contributed by atoms with Crippen molar-refractivity contribution in [2.45, 2.75) is 13.8 Å². The Balaban J connectivity index is 1.83. The van der Waals surface area contributed by atoms with Gasteiger partial charge in [-0.2, -0.15) is 0 Å². The predicted molar refractivity (Wildman–Crippen MR) is 105 cm³/mol. The van der Waals surface area contributed by atoms with Gasteiger partial charge in [0.2, 0.25) is 5.91 Å². The molecule has 3 rings (SSSR count). The Morgan fingerprint density at radius 2 is 1.73 bits per heavy atom. The van der Waals surface area contributed by atoms with Gasteiger partial charge in [0.1, 0.15) is 11.6 Å². The first-order chi connectivity index (χ1) is 12.6. The number of amides is 1. The van der Waals surface area contributed by atoms with E-state index in [4.69, 9.17) is 0 Å². The Morgan fingerprint density at radius 3 is 2.50 bits per heavy atom. The smallest absolute Gasteiger partial charge is 0.248 e. The maximum atomic E-state index is 11.7. The minimum absolute atomic E-state index is 0.158. The summed E-state index contributed by atoms with van der Waals surface area (Å²) in [5.74, 6) is 1.23. The highest BCUT2D eigenvalue weighted by atomic mass is 16.1. The Labute approximate surface area is 152 Å². The Kier molecular flexibility index (Phi) is 5.39. The summed E-state index contributed by atoms with van der Waals surface area (Å²) < 4.78 is 0. The minimum atomic E-state index is -0.158. The van der Waals surface area contributed by atoms with Crippen molar-refractivity contribution in [3.63, 3.8) is 0 Å². The first-order valence-corrected chi connectivity index (χ1v) is 8.36. The Hall–Kier alpha value is -3.47. The molecule has 5 heteroatoms. The van der Waals surface area contributed by atoms with Gasteiger partial charge < -0.3 is 10.6 Å². The third kappa shape index (κ3) is 4.54. The summed E-state index contributed by atoms with van der Waals surface area (Å²) in [7, 11) is 0. The summed E-state index contributed by atoms with van der Waals surface area (Å²) in [6, 6.07) is 19.4. The zero-order valence-corrected chi connectivity index (χ0v) is 14.7. The summed E-state index contributed by atoms with van der Waals surface area (Å²) in [4.78, 5) is 20.7. The summed E-state index contributed by atoms with van der Waals surface area (Å²) in [6.45, 7) is 3.67. The number of hydrogen-bond donors (Lipinski definition) is 2. The van der Waals surface area contributed by atoms with Crippen molar-refractivity contribution in [3.8, 4) is 11.3 Å². The lowest BCUT2D eigenvalue weighted by Crippen LogP contribution is -2.07. The van der Waals surface area contributed by atoms with Crippen molar-refractivity contribution < 1.29 is 4.79 Å². The number of nitrogens with zero attached hydrogens (tertiary/aromatic N) is 2. The Morgan fingerprint density at radius 1 is 0.962 bits per heavy atom. The molecule has 2 aromatic carbocycles. The standard InChI is InChI=1S/C21H20N4O/c1-3-8-21(26)25-18-12-7-11-17(13-18)24-20-14-19(22-15(2)23-20)16-9-5-4-6-10-16/h3-14H,1-2H3,(H,25,26)(H,22,23,24)/b8-3+. The lowest BCUT2D eigenvalue weighted by Gasteiger charge is -2.10. The molecule has 0 unspecified atom stereocenters. The zero-order chi connectivity index (χ0) is 18.4. The van der Waals surface area contributed by atoms with Gasteiger partial charge in [-0.05, 0) is 38.1 Å². The van der Waals surface area contributed by atoms with Gasteiger partial charge in [0.15, 0.2) is 0 Å². The molecule has 0 atom stereocenters. The molecule has 0 saturated heterocycles. The summed E-state index contributed by atoms with van der Waals surface area (Å²) >= 11 is 0. The lowest BCUT2D eigenvalue weighted by atomic mass is 10.1. The maximum Gasteiger partial charge on any atom is 0.248 e. The second-order valence-corrected chi connectivity index (χ2v) is 5.75. The number of allylic oxidation sites excluding steroid dienone is 1. The normalized spacial score (nSPS) is 10.7. The van der Waals surface area contributed by atoms with E-state index in [1.54, 1.807) is 13.0 Å². The molecule has 0 aliphatic rings. The van der Waals surface area contributed by atoms with Crippen LogP contribution in [-0.2, 0) is 4.79 Å². The largest absolute Gasteiger partial charge is 0.340 e. The van der Waals surface area contributed by atoms with E-state index in [9.17, 15) is 4.79 Å².